The molecule has 74 heavy (non-hydrogen) atoms. The molecule has 3 rings (SSSR count). The molecule has 1 fully saturated rings. The van der Waals surface area contributed by atoms with Gasteiger partial charge in [0, 0.05) is 32.2 Å². The monoisotopic (exact) mass is 1040 g/mol. The van der Waals surface area contributed by atoms with Crippen LogP contribution in [0.1, 0.15) is 63.5 Å². The first-order valence-electron chi connectivity index (χ1n) is 23.2. The second-order valence-corrected chi connectivity index (χ2v) is 17.4. The first-order valence-corrected chi connectivity index (χ1v) is 23.2. The lowest BCUT2D eigenvalue weighted by atomic mass is 10.0. The van der Waals surface area contributed by atoms with Gasteiger partial charge in [-0.1, -0.05) is 24.3 Å². The SMILES string of the molecule is C[C@H](NC(=O)[C@H](CO)NC(=O)[C@H](Cc1ccc(O)cc1)NC(=O)[C@H](CO)NC(=O)[C@H](CCC(=O)O)NC(=O)[C@@H](N)CCC(N)=O)C(=O)N1CCC[C@H]1C(=O)N[C@@H](Cc1ccc(O)cc1)C(=O)N[C@H](C(=O)O)[C@@H](C)O. The maximum absolute atomic E-state index is 13.9. The van der Waals surface area contributed by atoms with Crippen molar-refractivity contribution >= 4 is 65.1 Å². The Morgan fingerprint density at radius 2 is 1.05 bits per heavy atom. The minimum atomic E-state index is -1.85. The maximum atomic E-state index is 13.9. The number of hydrogen-bond acceptors (Lipinski definition) is 17. The molecule has 1 saturated heterocycles. The molecule has 1 aliphatic heterocycles. The van der Waals surface area contributed by atoms with Crippen LogP contribution in [0.25, 0.3) is 0 Å². The van der Waals surface area contributed by atoms with Crippen molar-refractivity contribution in [1.29, 1.82) is 0 Å². The van der Waals surface area contributed by atoms with Crippen molar-refractivity contribution in [1.82, 2.24) is 42.1 Å². The van der Waals surface area contributed by atoms with Crippen LogP contribution in [0.15, 0.2) is 48.5 Å². The third-order valence-electron chi connectivity index (χ3n) is 11.6. The molecule has 18 N–H and O–H groups in total. The Hall–Kier alpha value is -7.95. The van der Waals surface area contributed by atoms with Crippen molar-refractivity contribution in [2.45, 2.75) is 126 Å². The number of aliphatic hydroxyl groups is 3. The Bertz CT molecular complexity index is 2340. The number of aliphatic carboxylic acids is 2. The van der Waals surface area contributed by atoms with Gasteiger partial charge in [0.25, 0.3) is 0 Å². The lowest BCUT2D eigenvalue weighted by Gasteiger charge is -2.30. The van der Waals surface area contributed by atoms with Gasteiger partial charge in [-0.05, 0) is 74.9 Å². The van der Waals surface area contributed by atoms with Crippen molar-refractivity contribution in [2.75, 3.05) is 19.8 Å². The largest absolute Gasteiger partial charge is 0.508 e. The molecule has 0 bridgehead atoms. The molecule has 0 radical (unpaired) electrons. The van der Waals surface area contributed by atoms with Crippen molar-refractivity contribution in [2.24, 2.45) is 11.5 Å². The summed E-state index contributed by atoms with van der Waals surface area (Å²) in [6, 6.07) is -3.28. The fourth-order valence-corrected chi connectivity index (χ4v) is 7.44. The van der Waals surface area contributed by atoms with Crippen molar-refractivity contribution in [3.8, 4) is 11.5 Å². The van der Waals surface area contributed by atoms with Gasteiger partial charge >= 0.3 is 11.9 Å². The summed E-state index contributed by atoms with van der Waals surface area (Å²) in [5.41, 5.74) is 11.6. The number of carbonyl (C=O) groups is 11. The van der Waals surface area contributed by atoms with Gasteiger partial charge in [-0.2, -0.15) is 0 Å². The van der Waals surface area contributed by atoms with Crippen LogP contribution in [0.4, 0.5) is 0 Å². The summed E-state index contributed by atoms with van der Waals surface area (Å²) in [5, 5.41) is 84.8. The minimum absolute atomic E-state index is 0.00731. The molecular weight excluding hydrogens is 981 g/mol. The smallest absolute Gasteiger partial charge is 0.328 e. The lowest BCUT2D eigenvalue weighted by Crippen LogP contribution is -2.61. The number of carboxylic acid groups (broad SMARTS) is 2. The van der Waals surface area contributed by atoms with E-state index in [1.807, 2.05) is 0 Å². The number of primary amides is 1. The summed E-state index contributed by atoms with van der Waals surface area (Å²) in [5.74, 6) is -12.1. The van der Waals surface area contributed by atoms with E-state index in [1.54, 1.807) is 0 Å². The highest BCUT2D eigenvalue weighted by Crippen LogP contribution is 2.20. The lowest BCUT2D eigenvalue weighted by molar-refractivity contribution is -0.145. The normalized spacial score (nSPS) is 16.7. The number of rotatable bonds is 29. The number of phenolic OH excluding ortho intramolecular Hbond substituents is 2. The predicted octanol–water partition coefficient (Wildman–Crippen LogP) is -5.80. The highest BCUT2D eigenvalue weighted by atomic mass is 16.4. The van der Waals surface area contributed by atoms with Crippen molar-refractivity contribution in [3.63, 3.8) is 0 Å². The van der Waals surface area contributed by atoms with Gasteiger partial charge in [0.05, 0.1) is 25.4 Å². The number of hydrogen-bond donors (Lipinski definition) is 16. The van der Waals surface area contributed by atoms with E-state index in [0.717, 1.165) is 11.8 Å². The van der Waals surface area contributed by atoms with Crippen LogP contribution in [0.2, 0.25) is 0 Å². The first-order chi connectivity index (χ1) is 34.8. The second-order valence-electron chi connectivity index (χ2n) is 17.4. The molecule has 0 saturated carbocycles. The van der Waals surface area contributed by atoms with Gasteiger partial charge in [-0.25, -0.2) is 4.79 Å². The number of likely N-dealkylation sites (tertiary alicyclic amines) is 1. The molecule has 2 aromatic carbocycles. The number of nitrogens with one attached hydrogen (secondary N) is 7. The van der Waals surface area contributed by atoms with Crippen molar-refractivity contribution in [3.05, 3.63) is 59.7 Å². The average molecular weight is 1050 g/mol. The number of phenols is 2. The van der Waals surface area contributed by atoms with Crippen LogP contribution in [0.5, 0.6) is 11.5 Å². The number of aromatic hydroxyl groups is 2. The number of amides is 9. The zero-order valence-electron chi connectivity index (χ0n) is 40.4. The molecule has 0 spiro atoms. The molecule has 0 aromatic heterocycles. The van der Waals surface area contributed by atoms with E-state index >= 15 is 0 Å². The van der Waals surface area contributed by atoms with E-state index in [2.05, 4.69) is 37.2 Å². The summed E-state index contributed by atoms with van der Waals surface area (Å²) in [4.78, 5) is 143. The minimum Gasteiger partial charge on any atom is -0.508 e. The first kappa shape index (κ1) is 60.4. The average Bonchev–Trinajstić information content (AvgIpc) is 3.85. The molecule has 2 aromatic rings. The van der Waals surface area contributed by atoms with Gasteiger partial charge in [0.1, 0.15) is 53.8 Å². The molecule has 28 heteroatoms. The highest BCUT2D eigenvalue weighted by molar-refractivity contribution is 5.98. The van der Waals surface area contributed by atoms with Crippen LogP contribution < -0.4 is 48.7 Å². The second kappa shape index (κ2) is 28.9. The fraction of sp³-hybridized carbons (Fsp3) is 0.500. The topological polar surface area (TPSA) is 469 Å². The fourth-order valence-electron chi connectivity index (χ4n) is 7.44. The van der Waals surface area contributed by atoms with E-state index in [9.17, 15) is 88.5 Å². The maximum Gasteiger partial charge on any atom is 0.328 e. The molecule has 0 unspecified atom stereocenters. The summed E-state index contributed by atoms with van der Waals surface area (Å²) in [7, 11) is 0. The predicted molar refractivity (Wildman–Crippen MR) is 254 cm³/mol. The van der Waals surface area contributed by atoms with E-state index in [1.165, 1.54) is 55.5 Å². The molecule has 406 valence electrons. The van der Waals surface area contributed by atoms with Crippen molar-refractivity contribution < 1.29 is 88.5 Å². The number of nitrogens with zero attached hydrogens (tertiary/aromatic N) is 1. The standard InChI is InChI=1S/C46H64N10O18/c1-22(45(72)56-17-3-4-34(56)44(71)52-31(19-25-7-11-27(61)12-8-25)41(68)55-37(23(2)59)46(73)74)49-42(69)32(20-57)54-40(67)30(18-24-5-9-26(60)10-6-24)51-43(70)33(21-58)53-39(66)29(14-16-36(63)64)50-38(65)28(47)13-15-35(48)62/h5-12,22-23,28-34,37,57-61H,3-4,13-21,47H2,1-2H3,(H2,48,62)(H,49,69)(H,50,65)(H,51,70)(H,52,71)(H,53,66)(H,54,67)(H,55,68)(H,63,64)(H,73,74)/t22-,23+,28-,29-,30-,31-,32-,33-,34-,37-/m0/s1. The van der Waals surface area contributed by atoms with Gasteiger partial charge in [0.2, 0.25) is 53.2 Å². The zero-order valence-corrected chi connectivity index (χ0v) is 40.4. The Kier molecular flexibility index (Phi) is 23.6. The van der Waals surface area contributed by atoms with Crippen LogP contribution in [-0.2, 0) is 65.6 Å². The van der Waals surface area contributed by atoms with Crippen LogP contribution >= 0.6 is 0 Å². The van der Waals surface area contributed by atoms with E-state index in [-0.39, 0.29) is 50.1 Å². The molecule has 9 amide bonds. The summed E-state index contributed by atoms with van der Waals surface area (Å²) >= 11 is 0. The Balaban J connectivity index is 1.77. The Morgan fingerprint density at radius 1 is 0.608 bits per heavy atom. The molecule has 10 atom stereocenters. The Morgan fingerprint density at radius 3 is 1.53 bits per heavy atom. The van der Waals surface area contributed by atoms with Crippen LogP contribution in [0, 0.1) is 0 Å². The summed E-state index contributed by atoms with van der Waals surface area (Å²) < 4.78 is 0. The van der Waals surface area contributed by atoms with Gasteiger partial charge in [0.15, 0.2) is 6.04 Å². The Labute approximate surface area is 423 Å². The molecule has 1 heterocycles. The third kappa shape index (κ3) is 18.9. The van der Waals surface area contributed by atoms with Gasteiger partial charge < -0.3 is 89.3 Å². The quantitative estimate of drug-likeness (QED) is 0.0361. The molecule has 28 nitrogen and oxygen atoms in total. The zero-order chi connectivity index (χ0) is 55.4. The number of aliphatic hydroxyl groups excluding tert-OH is 3. The number of benzene rings is 2. The van der Waals surface area contributed by atoms with Crippen LogP contribution in [0.3, 0.4) is 0 Å². The number of carbonyl (C=O) groups excluding carboxylic acids is 9. The summed E-state index contributed by atoms with van der Waals surface area (Å²) in [6.45, 7) is 0.217. The van der Waals surface area contributed by atoms with Gasteiger partial charge in [-0.3, -0.25) is 47.9 Å². The summed E-state index contributed by atoms with van der Waals surface area (Å²) in [6.07, 6.45) is -3.40. The molecule has 1 aliphatic rings. The van der Waals surface area contributed by atoms with Gasteiger partial charge in [-0.15, -0.1) is 0 Å². The number of carboxylic acids is 2. The van der Waals surface area contributed by atoms with E-state index in [4.69, 9.17) is 11.5 Å². The molecule has 0 aliphatic carbocycles. The van der Waals surface area contributed by atoms with E-state index < -0.39 is 152 Å². The number of nitrogens with two attached hydrogens (primary N) is 2. The third-order valence-corrected chi connectivity index (χ3v) is 11.6. The van der Waals surface area contributed by atoms with Crippen LogP contribution in [-0.4, -0.2) is 186 Å². The molecular formula is C46H64N10O18. The highest BCUT2D eigenvalue weighted by Gasteiger charge is 2.40. The van der Waals surface area contributed by atoms with E-state index in [0.29, 0.717) is 17.5 Å².